The molecule has 0 saturated heterocycles. The Morgan fingerprint density at radius 1 is 1.20 bits per heavy atom. The van der Waals surface area contributed by atoms with Crippen LogP contribution in [0.3, 0.4) is 0 Å². The predicted molar refractivity (Wildman–Crippen MR) is 97.7 cm³/mol. The highest BCUT2D eigenvalue weighted by atomic mass is 16.5. The van der Waals surface area contributed by atoms with Crippen molar-refractivity contribution in [2.75, 3.05) is 6.61 Å². The van der Waals surface area contributed by atoms with Crippen LogP contribution in [0.4, 0.5) is 0 Å². The van der Waals surface area contributed by atoms with Gasteiger partial charge in [0, 0.05) is 10.9 Å². The van der Waals surface area contributed by atoms with E-state index >= 15 is 0 Å². The number of aromatic nitrogens is 1. The smallest absolute Gasteiger partial charge is 0.258 e. The number of nitrogens with one attached hydrogen (secondary N) is 2. The maximum atomic E-state index is 12.5. The summed E-state index contributed by atoms with van der Waals surface area (Å²) in [7, 11) is 0. The Bertz CT molecular complexity index is 939. The number of guanidine groups is 1. The number of nitrogens with zero attached hydrogens (tertiary/aromatic N) is 1. The molecule has 0 aliphatic heterocycles. The lowest BCUT2D eigenvalue weighted by Crippen LogP contribution is -2.35. The number of carbonyl (C=O) groups excluding carboxylic acids is 1. The zero-order chi connectivity index (χ0) is 17.8. The Hall–Kier alpha value is -3.41. The minimum Gasteiger partial charge on any atom is -0.494 e. The van der Waals surface area contributed by atoms with Gasteiger partial charge in [0.1, 0.15) is 5.75 Å². The van der Waals surface area contributed by atoms with Crippen molar-refractivity contribution in [3.05, 3.63) is 60.2 Å². The zero-order valence-corrected chi connectivity index (χ0v) is 13.7. The molecule has 0 bridgehead atoms. The molecule has 0 saturated carbocycles. The molecule has 1 aromatic heterocycles. The number of rotatable bonds is 4. The highest BCUT2D eigenvalue weighted by Crippen LogP contribution is 2.27. The topological polar surface area (TPSA) is 101 Å². The average molecular weight is 334 g/mol. The van der Waals surface area contributed by atoms with Crippen molar-refractivity contribution in [2.24, 2.45) is 5.73 Å². The molecule has 1 amide bonds. The lowest BCUT2D eigenvalue weighted by Gasteiger charge is -2.11. The molecule has 4 N–H and O–H groups in total. The molecule has 6 nitrogen and oxygen atoms in total. The molecule has 0 spiro atoms. The molecular weight excluding hydrogens is 316 g/mol. The van der Waals surface area contributed by atoms with E-state index in [2.05, 4.69) is 10.3 Å². The zero-order valence-electron chi connectivity index (χ0n) is 13.7. The first-order valence-electron chi connectivity index (χ1n) is 7.87. The van der Waals surface area contributed by atoms with Gasteiger partial charge in [-0.15, -0.1) is 0 Å². The van der Waals surface area contributed by atoms with Gasteiger partial charge in [-0.2, -0.15) is 0 Å². The number of carbonyl (C=O) groups is 1. The first-order valence-corrected chi connectivity index (χ1v) is 7.87. The molecule has 3 aromatic rings. The summed E-state index contributed by atoms with van der Waals surface area (Å²) < 4.78 is 5.52. The van der Waals surface area contributed by atoms with Crippen molar-refractivity contribution in [3.63, 3.8) is 0 Å². The summed E-state index contributed by atoms with van der Waals surface area (Å²) in [6.07, 6.45) is 0. The maximum absolute atomic E-state index is 12.5. The van der Waals surface area contributed by atoms with E-state index < -0.39 is 11.9 Å². The Kier molecular flexibility index (Phi) is 4.61. The quantitative estimate of drug-likeness (QED) is 0.504. The third kappa shape index (κ3) is 3.58. The number of nitrogens with two attached hydrogens (primary N) is 1. The molecule has 1 heterocycles. The van der Waals surface area contributed by atoms with Crippen molar-refractivity contribution in [2.45, 2.75) is 6.92 Å². The summed E-state index contributed by atoms with van der Waals surface area (Å²) >= 11 is 0. The summed E-state index contributed by atoms with van der Waals surface area (Å²) in [4.78, 5) is 17.2. The van der Waals surface area contributed by atoms with Gasteiger partial charge in [0.15, 0.2) is 5.96 Å². The van der Waals surface area contributed by atoms with E-state index in [-0.39, 0.29) is 0 Å². The highest BCUT2D eigenvalue weighted by Gasteiger charge is 2.15. The van der Waals surface area contributed by atoms with E-state index in [9.17, 15) is 4.79 Å². The van der Waals surface area contributed by atoms with Gasteiger partial charge in [0.2, 0.25) is 0 Å². The summed E-state index contributed by atoms with van der Waals surface area (Å²) in [5.74, 6) is -0.205. The summed E-state index contributed by atoms with van der Waals surface area (Å²) in [5, 5.41) is 10.3. The molecule has 0 aliphatic carbocycles. The molecule has 0 unspecified atom stereocenters. The molecule has 0 radical (unpaired) electrons. The summed E-state index contributed by atoms with van der Waals surface area (Å²) in [6, 6.07) is 16.7. The minimum absolute atomic E-state index is 0.389. The van der Waals surface area contributed by atoms with E-state index in [4.69, 9.17) is 15.9 Å². The number of benzene rings is 2. The van der Waals surface area contributed by atoms with Gasteiger partial charge in [0.05, 0.1) is 23.4 Å². The fourth-order valence-electron chi connectivity index (χ4n) is 2.60. The molecule has 0 fully saturated rings. The normalized spacial score (nSPS) is 10.4. The summed E-state index contributed by atoms with van der Waals surface area (Å²) in [6.45, 7) is 2.42. The fourth-order valence-corrected chi connectivity index (χ4v) is 2.60. The molecule has 2 aromatic carbocycles. The third-order valence-corrected chi connectivity index (χ3v) is 3.65. The van der Waals surface area contributed by atoms with Gasteiger partial charge in [-0.1, -0.05) is 30.3 Å². The second-order valence-electron chi connectivity index (χ2n) is 5.40. The van der Waals surface area contributed by atoms with Crippen molar-refractivity contribution < 1.29 is 9.53 Å². The van der Waals surface area contributed by atoms with Crippen LogP contribution in [-0.2, 0) is 0 Å². The number of fused-ring (bicyclic) bond motifs is 1. The molecule has 3 rings (SSSR count). The van der Waals surface area contributed by atoms with Crippen LogP contribution in [-0.4, -0.2) is 23.5 Å². The standard InChI is InChI=1S/C19H18N4O2/c1-2-25-13-8-9-16-14(10-13)15(18(24)23-19(20)21)11-17(22-16)12-6-4-3-5-7-12/h3-11H,2H2,1H3,(H4,20,21,23,24). The van der Waals surface area contributed by atoms with E-state index in [1.54, 1.807) is 12.1 Å². The van der Waals surface area contributed by atoms with Crippen LogP contribution in [0.5, 0.6) is 5.75 Å². The van der Waals surface area contributed by atoms with Crippen LogP contribution in [0.1, 0.15) is 17.3 Å². The Morgan fingerprint density at radius 2 is 1.96 bits per heavy atom. The van der Waals surface area contributed by atoms with Crippen LogP contribution in [0.25, 0.3) is 22.2 Å². The Labute approximate surface area is 145 Å². The number of amides is 1. The molecule has 0 atom stereocenters. The molecule has 6 heteroatoms. The van der Waals surface area contributed by atoms with Crippen LogP contribution in [0, 0.1) is 5.41 Å². The van der Waals surface area contributed by atoms with E-state index in [0.717, 1.165) is 5.56 Å². The molecule has 25 heavy (non-hydrogen) atoms. The second-order valence-corrected chi connectivity index (χ2v) is 5.40. The van der Waals surface area contributed by atoms with Gasteiger partial charge in [-0.25, -0.2) is 4.98 Å². The number of hydrogen-bond acceptors (Lipinski definition) is 4. The summed E-state index contributed by atoms with van der Waals surface area (Å²) in [5.41, 5.74) is 7.94. The van der Waals surface area contributed by atoms with Gasteiger partial charge < -0.3 is 10.5 Å². The van der Waals surface area contributed by atoms with Crippen molar-refractivity contribution in [1.82, 2.24) is 10.3 Å². The lowest BCUT2D eigenvalue weighted by molar-refractivity contribution is 0.0978. The minimum atomic E-state index is -0.453. The van der Waals surface area contributed by atoms with Crippen LogP contribution in [0.2, 0.25) is 0 Å². The fraction of sp³-hybridized carbons (Fsp3) is 0.105. The number of hydrogen-bond donors (Lipinski definition) is 3. The van der Waals surface area contributed by atoms with Crippen LogP contribution < -0.4 is 15.8 Å². The Morgan fingerprint density at radius 3 is 2.64 bits per heavy atom. The monoisotopic (exact) mass is 334 g/mol. The lowest BCUT2D eigenvalue weighted by atomic mass is 10.0. The van der Waals surface area contributed by atoms with Crippen molar-refractivity contribution in [3.8, 4) is 17.0 Å². The van der Waals surface area contributed by atoms with Crippen molar-refractivity contribution in [1.29, 1.82) is 5.41 Å². The molecule has 0 aliphatic rings. The van der Waals surface area contributed by atoms with Gasteiger partial charge in [-0.3, -0.25) is 15.5 Å². The highest BCUT2D eigenvalue weighted by molar-refractivity contribution is 6.12. The van der Waals surface area contributed by atoms with Gasteiger partial charge in [0.25, 0.3) is 5.91 Å². The Balaban J connectivity index is 2.20. The number of ether oxygens (including phenoxy) is 1. The van der Waals surface area contributed by atoms with Crippen LogP contribution in [0.15, 0.2) is 54.6 Å². The molecule has 126 valence electrons. The number of pyridine rings is 1. The maximum Gasteiger partial charge on any atom is 0.258 e. The van der Waals surface area contributed by atoms with Crippen molar-refractivity contribution >= 4 is 22.8 Å². The average Bonchev–Trinajstić information content (AvgIpc) is 2.61. The van der Waals surface area contributed by atoms with E-state index in [1.165, 1.54) is 0 Å². The molecular formula is C19H18N4O2. The van der Waals surface area contributed by atoms with Gasteiger partial charge >= 0.3 is 0 Å². The van der Waals surface area contributed by atoms with E-state index in [1.807, 2.05) is 49.4 Å². The van der Waals surface area contributed by atoms with E-state index in [0.29, 0.717) is 34.5 Å². The first kappa shape index (κ1) is 16.4. The first-order chi connectivity index (χ1) is 12.1. The van der Waals surface area contributed by atoms with Crippen LogP contribution >= 0.6 is 0 Å². The largest absolute Gasteiger partial charge is 0.494 e. The SMILES string of the molecule is CCOc1ccc2nc(-c3ccccc3)cc(C(=O)NC(=N)N)c2c1. The predicted octanol–water partition coefficient (Wildman–Crippen LogP) is 2.92. The third-order valence-electron chi connectivity index (χ3n) is 3.65. The van der Waals surface area contributed by atoms with Gasteiger partial charge in [-0.05, 0) is 31.2 Å². The second kappa shape index (κ2) is 7.00.